The normalized spacial score (nSPS) is 10.8. The summed E-state index contributed by atoms with van der Waals surface area (Å²) < 4.78 is 30.1. The third kappa shape index (κ3) is 2.70. The molecule has 2 nitrogen and oxygen atoms in total. The summed E-state index contributed by atoms with van der Waals surface area (Å²) >= 11 is 6.37. The van der Waals surface area contributed by atoms with Crippen molar-refractivity contribution in [3.63, 3.8) is 0 Å². The fourth-order valence-corrected chi connectivity index (χ4v) is 2.91. The summed E-state index contributed by atoms with van der Waals surface area (Å²) in [4.78, 5) is 0. The molecule has 0 bridgehead atoms. The number of aromatic nitrogens is 2. The molecule has 0 saturated carbocycles. The molecule has 0 spiro atoms. The first-order valence-corrected chi connectivity index (χ1v) is 7.44. The lowest BCUT2D eigenvalue weighted by Gasteiger charge is -2.13. The van der Waals surface area contributed by atoms with Crippen LogP contribution in [-0.2, 0) is 7.05 Å². The zero-order chi connectivity index (χ0) is 16.6. The number of halogens is 3. The van der Waals surface area contributed by atoms with Crippen molar-refractivity contribution in [3.05, 3.63) is 71.0 Å². The van der Waals surface area contributed by atoms with Gasteiger partial charge in [0.05, 0.1) is 11.1 Å². The molecule has 0 N–H and O–H groups in total. The average Bonchev–Trinajstić information content (AvgIpc) is 2.52. The lowest BCUT2D eigenvalue weighted by atomic mass is 9.94. The number of hydrogen-bond donors (Lipinski definition) is 0. The average molecular weight is 332 g/mol. The van der Waals surface area contributed by atoms with Gasteiger partial charge in [-0.3, -0.25) is 0 Å². The van der Waals surface area contributed by atoms with Crippen LogP contribution in [0.3, 0.4) is 0 Å². The van der Waals surface area contributed by atoms with Gasteiger partial charge in [-0.2, -0.15) is 0 Å². The van der Waals surface area contributed by atoms with Gasteiger partial charge in [0.25, 0.3) is 0 Å². The predicted octanol–water partition coefficient (Wildman–Crippen LogP) is 4.48. The Morgan fingerprint density at radius 2 is 1.48 bits per heavy atom. The van der Waals surface area contributed by atoms with Gasteiger partial charge in [-0.05, 0) is 41.3 Å². The molecule has 116 valence electrons. The maximum atomic E-state index is 14.3. The van der Waals surface area contributed by atoms with Crippen molar-refractivity contribution in [2.75, 3.05) is 0 Å². The van der Waals surface area contributed by atoms with Crippen molar-refractivity contribution < 1.29 is 13.5 Å². The van der Waals surface area contributed by atoms with Crippen LogP contribution >= 0.6 is 11.6 Å². The van der Waals surface area contributed by atoms with Crippen LogP contribution in [0.15, 0.2) is 48.5 Å². The predicted molar refractivity (Wildman–Crippen MR) is 85.9 cm³/mol. The highest BCUT2D eigenvalue weighted by Gasteiger charge is 2.27. The zero-order valence-electron chi connectivity index (χ0n) is 12.6. The van der Waals surface area contributed by atoms with Crippen molar-refractivity contribution in [1.29, 1.82) is 0 Å². The van der Waals surface area contributed by atoms with Crippen molar-refractivity contribution >= 4 is 11.6 Å². The minimum atomic E-state index is -0.658. The van der Waals surface area contributed by atoms with E-state index >= 15 is 0 Å². The second-order valence-corrected chi connectivity index (χ2v) is 5.57. The first-order chi connectivity index (χ1) is 11.0. The number of nitrogens with zero attached hydrogens (tertiary/aromatic N) is 2. The van der Waals surface area contributed by atoms with Crippen LogP contribution in [0.25, 0.3) is 22.3 Å². The summed E-state index contributed by atoms with van der Waals surface area (Å²) in [6.45, 7) is 1.79. The van der Waals surface area contributed by atoms with E-state index in [1.54, 1.807) is 14.0 Å². The standard InChI is InChI=1S/C18H14ClF2N2/c1-11-15(12-7-4-3-5-8-12)17(18(19)23(2)22-11)16-13(20)9-6-10-14(16)21/h3-10H,1-2H3/q+1. The van der Waals surface area contributed by atoms with E-state index in [1.165, 1.54) is 22.9 Å². The van der Waals surface area contributed by atoms with E-state index < -0.39 is 11.6 Å². The molecule has 0 aliphatic carbocycles. The topological polar surface area (TPSA) is 16.8 Å². The smallest absolute Gasteiger partial charge is 0.206 e. The molecule has 0 atom stereocenters. The Labute approximate surface area is 138 Å². The molecule has 5 heteroatoms. The molecule has 0 radical (unpaired) electrons. The molecule has 2 aromatic carbocycles. The van der Waals surface area contributed by atoms with Crippen molar-refractivity contribution in [3.8, 4) is 22.3 Å². The summed E-state index contributed by atoms with van der Waals surface area (Å²) in [7, 11) is 1.65. The van der Waals surface area contributed by atoms with Gasteiger partial charge in [0.15, 0.2) is 7.05 Å². The first-order valence-electron chi connectivity index (χ1n) is 7.07. The van der Waals surface area contributed by atoms with Gasteiger partial charge in [0, 0.05) is 5.56 Å². The molecule has 3 rings (SSSR count). The van der Waals surface area contributed by atoms with E-state index in [0.29, 0.717) is 16.8 Å². The monoisotopic (exact) mass is 331 g/mol. The fourth-order valence-electron chi connectivity index (χ4n) is 2.69. The Kier molecular flexibility index (Phi) is 4.09. The lowest BCUT2D eigenvalue weighted by molar-refractivity contribution is -0.728. The highest BCUT2D eigenvalue weighted by atomic mass is 35.5. The molecule has 0 unspecified atom stereocenters. The van der Waals surface area contributed by atoms with Gasteiger partial charge >= 0.3 is 5.15 Å². The summed E-state index contributed by atoms with van der Waals surface area (Å²) in [5.41, 5.74) is 2.23. The molecule has 1 aromatic heterocycles. The van der Waals surface area contributed by atoms with E-state index in [4.69, 9.17) is 11.6 Å². The highest BCUT2D eigenvalue weighted by Crippen LogP contribution is 2.39. The third-order valence-electron chi connectivity index (χ3n) is 3.68. The molecular formula is C18H14ClF2N2+. The zero-order valence-corrected chi connectivity index (χ0v) is 13.4. The Hall–Kier alpha value is -2.33. The Morgan fingerprint density at radius 1 is 0.870 bits per heavy atom. The number of hydrogen-bond acceptors (Lipinski definition) is 1. The van der Waals surface area contributed by atoms with Crippen molar-refractivity contribution in [1.82, 2.24) is 5.10 Å². The second-order valence-electron chi connectivity index (χ2n) is 5.21. The lowest BCUT2D eigenvalue weighted by Crippen LogP contribution is -2.36. The van der Waals surface area contributed by atoms with E-state index in [1.807, 2.05) is 30.3 Å². The van der Waals surface area contributed by atoms with Crippen LogP contribution in [0.4, 0.5) is 8.78 Å². The summed E-state index contributed by atoms with van der Waals surface area (Å²) in [6.07, 6.45) is 0. The quantitative estimate of drug-likeness (QED) is 0.633. The van der Waals surface area contributed by atoms with Crippen LogP contribution in [-0.4, -0.2) is 5.10 Å². The number of aryl methyl sites for hydroxylation is 2. The van der Waals surface area contributed by atoms with Crippen LogP contribution in [0.2, 0.25) is 5.15 Å². The van der Waals surface area contributed by atoms with Crippen LogP contribution < -0.4 is 4.68 Å². The molecule has 0 aliphatic heterocycles. The SMILES string of the molecule is Cc1n[n+](C)c(Cl)c(-c2c(F)cccc2F)c1-c1ccccc1. The van der Waals surface area contributed by atoms with E-state index in [9.17, 15) is 8.78 Å². The molecule has 0 aliphatic rings. The summed E-state index contributed by atoms with van der Waals surface area (Å²) in [5.74, 6) is -1.32. The first kappa shape index (κ1) is 15.6. The molecule has 0 saturated heterocycles. The maximum absolute atomic E-state index is 14.3. The molecule has 0 amide bonds. The molecular weight excluding hydrogens is 318 g/mol. The molecule has 0 fully saturated rings. The van der Waals surface area contributed by atoms with Gasteiger partial charge in [0.2, 0.25) is 0 Å². The minimum Gasteiger partial charge on any atom is -0.206 e. The van der Waals surface area contributed by atoms with Crippen LogP contribution in [0.5, 0.6) is 0 Å². The van der Waals surface area contributed by atoms with Gasteiger partial charge < -0.3 is 0 Å². The third-order valence-corrected chi connectivity index (χ3v) is 4.11. The second kappa shape index (κ2) is 6.05. The largest absolute Gasteiger partial charge is 0.308 e. The number of benzene rings is 2. The van der Waals surface area contributed by atoms with E-state index in [0.717, 1.165) is 5.56 Å². The molecule has 23 heavy (non-hydrogen) atoms. The van der Waals surface area contributed by atoms with Gasteiger partial charge in [-0.15, -0.1) is 0 Å². The minimum absolute atomic E-state index is 0.141. The maximum Gasteiger partial charge on any atom is 0.308 e. The summed E-state index contributed by atoms with van der Waals surface area (Å²) in [5, 5.41) is 4.51. The van der Waals surface area contributed by atoms with Gasteiger partial charge in [-0.1, -0.05) is 41.1 Å². The highest BCUT2D eigenvalue weighted by molar-refractivity contribution is 6.31. The van der Waals surface area contributed by atoms with Gasteiger partial charge in [-0.25, -0.2) is 8.78 Å². The Balaban J connectivity index is 2.45. The van der Waals surface area contributed by atoms with Crippen LogP contribution in [0.1, 0.15) is 5.69 Å². The van der Waals surface area contributed by atoms with Crippen molar-refractivity contribution in [2.24, 2.45) is 7.05 Å². The van der Waals surface area contributed by atoms with Gasteiger partial charge in [0.1, 0.15) is 17.3 Å². The van der Waals surface area contributed by atoms with E-state index in [2.05, 4.69) is 5.10 Å². The molecule has 3 aromatic rings. The van der Waals surface area contributed by atoms with E-state index in [-0.39, 0.29) is 10.7 Å². The van der Waals surface area contributed by atoms with Crippen LogP contribution in [0, 0.1) is 18.6 Å². The molecule has 1 heterocycles. The number of rotatable bonds is 2. The van der Waals surface area contributed by atoms with Crippen molar-refractivity contribution in [2.45, 2.75) is 6.92 Å². The summed E-state index contributed by atoms with van der Waals surface area (Å²) in [6, 6.07) is 13.1. The Bertz CT molecular complexity index is 860. The Morgan fingerprint density at radius 3 is 2.09 bits per heavy atom. The fraction of sp³-hybridized carbons (Fsp3) is 0.111.